The maximum absolute atomic E-state index is 12.8. The van der Waals surface area contributed by atoms with Gasteiger partial charge in [0.05, 0.1) is 26.4 Å². The van der Waals surface area contributed by atoms with Crippen LogP contribution in [0.5, 0.6) is 11.5 Å². The second kappa shape index (κ2) is 11.3. The first-order chi connectivity index (χ1) is 15.4. The molecule has 0 amide bonds. The molecule has 1 aliphatic rings. The Kier molecular flexibility index (Phi) is 8.48. The molecule has 1 aliphatic heterocycles. The molecule has 0 aliphatic carbocycles. The lowest BCUT2D eigenvalue weighted by atomic mass is 10.3. The normalized spacial score (nSPS) is 14.3. The van der Waals surface area contributed by atoms with Crippen molar-refractivity contribution >= 4 is 21.8 Å². The number of nitrogens with one attached hydrogen (secondary N) is 2. The van der Waals surface area contributed by atoms with Gasteiger partial charge in [0, 0.05) is 44.0 Å². The van der Waals surface area contributed by atoms with Gasteiger partial charge in [-0.15, -0.1) is 0 Å². The molecule has 32 heavy (non-hydrogen) atoms. The van der Waals surface area contributed by atoms with Crippen molar-refractivity contribution in [3.05, 3.63) is 30.0 Å². The molecule has 1 saturated heterocycles. The van der Waals surface area contributed by atoms with Gasteiger partial charge in [0.2, 0.25) is 16.0 Å². The van der Waals surface area contributed by atoms with Crippen LogP contribution < -0.4 is 24.4 Å². The summed E-state index contributed by atoms with van der Waals surface area (Å²) in [4.78, 5) is 11.2. The number of aryl methyl sites for hydroxylation is 1. The van der Waals surface area contributed by atoms with E-state index >= 15 is 0 Å². The quantitative estimate of drug-likeness (QED) is 0.479. The van der Waals surface area contributed by atoms with Crippen LogP contribution in [0.3, 0.4) is 0 Å². The van der Waals surface area contributed by atoms with E-state index in [1.54, 1.807) is 19.1 Å². The third-order valence-corrected chi connectivity index (χ3v) is 6.19. The average molecular weight is 466 g/mol. The third-order valence-electron chi connectivity index (χ3n) is 4.69. The Balaban J connectivity index is 1.61. The van der Waals surface area contributed by atoms with Crippen LogP contribution in [0.4, 0.5) is 11.8 Å². The Labute approximate surface area is 189 Å². The lowest BCUT2D eigenvalue weighted by Gasteiger charge is -2.28. The SMILES string of the molecule is CCOc1ccc(S(=O)(=O)NCCNc2nc(C)cc(N3CCOCC3)n2)c(OCC)c1. The van der Waals surface area contributed by atoms with Gasteiger partial charge in [0.15, 0.2) is 0 Å². The standard InChI is InChI=1S/C21H31N5O5S/c1-4-30-17-6-7-19(18(15-17)31-5-2)32(27,28)23-9-8-22-21-24-16(3)14-20(25-21)26-10-12-29-13-11-26/h6-7,14-15,23H,4-5,8-13H2,1-3H3,(H,22,24,25). The maximum atomic E-state index is 12.8. The number of rotatable bonds is 11. The van der Waals surface area contributed by atoms with E-state index in [0.717, 1.165) is 24.6 Å². The minimum Gasteiger partial charge on any atom is -0.494 e. The van der Waals surface area contributed by atoms with Crippen LogP contribution in [-0.4, -0.2) is 71.0 Å². The molecule has 0 unspecified atom stereocenters. The van der Waals surface area contributed by atoms with Crippen molar-refractivity contribution < 1.29 is 22.6 Å². The van der Waals surface area contributed by atoms with E-state index in [1.807, 2.05) is 19.9 Å². The van der Waals surface area contributed by atoms with Crippen LogP contribution in [0.1, 0.15) is 19.5 Å². The zero-order chi connectivity index (χ0) is 23.0. The van der Waals surface area contributed by atoms with Crippen LogP contribution in [0.15, 0.2) is 29.2 Å². The van der Waals surface area contributed by atoms with Crippen LogP contribution in [-0.2, 0) is 14.8 Å². The molecule has 0 bridgehead atoms. The van der Waals surface area contributed by atoms with Gasteiger partial charge in [0.25, 0.3) is 0 Å². The van der Waals surface area contributed by atoms with E-state index in [0.29, 0.717) is 44.7 Å². The van der Waals surface area contributed by atoms with E-state index in [-0.39, 0.29) is 17.2 Å². The number of hydrogen-bond acceptors (Lipinski definition) is 9. The van der Waals surface area contributed by atoms with Gasteiger partial charge in [-0.3, -0.25) is 0 Å². The second-order valence-electron chi connectivity index (χ2n) is 7.09. The van der Waals surface area contributed by atoms with Gasteiger partial charge >= 0.3 is 0 Å². The number of aromatic nitrogens is 2. The van der Waals surface area contributed by atoms with E-state index in [2.05, 4.69) is 24.9 Å². The predicted molar refractivity (Wildman–Crippen MR) is 122 cm³/mol. The molecule has 0 saturated carbocycles. The Morgan fingerprint density at radius 2 is 1.81 bits per heavy atom. The number of benzene rings is 1. The molecule has 3 rings (SSSR count). The Morgan fingerprint density at radius 3 is 2.53 bits per heavy atom. The minimum atomic E-state index is -3.77. The number of morpholine rings is 1. The highest BCUT2D eigenvalue weighted by atomic mass is 32.2. The molecule has 10 nitrogen and oxygen atoms in total. The fourth-order valence-electron chi connectivity index (χ4n) is 3.26. The molecule has 0 atom stereocenters. The topological polar surface area (TPSA) is 115 Å². The summed E-state index contributed by atoms with van der Waals surface area (Å²) in [6, 6.07) is 6.63. The highest BCUT2D eigenvalue weighted by Crippen LogP contribution is 2.28. The maximum Gasteiger partial charge on any atom is 0.244 e. The number of sulfonamides is 1. The smallest absolute Gasteiger partial charge is 0.244 e. The van der Waals surface area contributed by atoms with E-state index in [1.165, 1.54) is 6.07 Å². The summed E-state index contributed by atoms with van der Waals surface area (Å²) in [5, 5.41) is 3.10. The summed E-state index contributed by atoms with van der Waals surface area (Å²) < 4.78 is 44.6. The summed E-state index contributed by atoms with van der Waals surface area (Å²) in [5.74, 6) is 2.11. The number of nitrogens with zero attached hydrogens (tertiary/aromatic N) is 3. The zero-order valence-corrected chi connectivity index (χ0v) is 19.6. The molecule has 2 N–H and O–H groups in total. The van der Waals surface area contributed by atoms with Gasteiger partial charge in [0.1, 0.15) is 22.2 Å². The molecular weight excluding hydrogens is 434 g/mol. The molecule has 2 aromatic rings. The molecule has 1 aromatic heterocycles. The van der Waals surface area contributed by atoms with Crippen molar-refractivity contribution in [1.29, 1.82) is 0 Å². The van der Waals surface area contributed by atoms with E-state index in [9.17, 15) is 8.42 Å². The molecule has 11 heteroatoms. The molecule has 0 radical (unpaired) electrons. The second-order valence-corrected chi connectivity index (χ2v) is 8.83. The van der Waals surface area contributed by atoms with Gasteiger partial charge in [-0.2, -0.15) is 4.98 Å². The van der Waals surface area contributed by atoms with Crippen molar-refractivity contribution in [2.75, 3.05) is 62.8 Å². The molecule has 1 fully saturated rings. The summed E-state index contributed by atoms with van der Waals surface area (Å²) in [7, 11) is -3.77. The third kappa shape index (κ3) is 6.44. The first kappa shape index (κ1) is 24.0. The van der Waals surface area contributed by atoms with Crippen molar-refractivity contribution in [2.24, 2.45) is 0 Å². The zero-order valence-electron chi connectivity index (χ0n) is 18.8. The summed E-state index contributed by atoms with van der Waals surface area (Å²) in [6.07, 6.45) is 0. The van der Waals surface area contributed by atoms with E-state index in [4.69, 9.17) is 14.2 Å². The van der Waals surface area contributed by atoms with Crippen LogP contribution >= 0.6 is 0 Å². The van der Waals surface area contributed by atoms with Gasteiger partial charge in [-0.25, -0.2) is 18.1 Å². The van der Waals surface area contributed by atoms with Gasteiger partial charge in [-0.05, 0) is 32.9 Å². The van der Waals surface area contributed by atoms with Crippen molar-refractivity contribution in [3.8, 4) is 11.5 Å². The van der Waals surface area contributed by atoms with Crippen LogP contribution in [0.25, 0.3) is 0 Å². The summed E-state index contributed by atoms with van der Waals surface area (Å²) in [5.41, 5.74) is 0.834. The number of ether oxygens (including phenoxy) is 3. The number of hydrogen-bond donors (Lipinski definition) is 2. The van der Waals surface area contributed by atoms with Crippen molar-refractivity contribution in [3.63, 3.8) is 0 Å². The molecular formula is C21H31N5O5S. The average Bonchev–Trinajstić information content (AvgIpc) is 2.77. The first-order valence-electron chi connectivity index (χ1n) is 10.7. The lowest BCUT2D eigenvalue weighted by Crippen LogP contribution is -2.37. The van der Waals surface area contributed by atoms with E-state index < -0.39 is 10.0 Å². The minimum absolute atomic E-state index is 0.0733. The van der Waals surface area contributed by atoms with Gasteiger partial charge in [-0.1, -0.05) is 0 Å². The molecule has 176 valence electrons. The molecule has 2 heterocycles. The monoisotopic (exact) mass is 465 g/mol. The fraction of sp³-hybridized carbons (Fsp3) is 0.524. The summed E-state index contributed by atoms with van der Waals surface area (Å²) in [6.45, 7) is 9.77. The molecule has 0 spiro atoms. The van der Waals surface area contributed by atoms with Crippen molar-refractivity contribution in [1.82, 2.24) is 14.7 Å². The fourth-order valence-corrected chi connectivity index (χ4v) is 4.41. The predicted octanol–water partition coefficient (Wildman–Crippen LogP) is 1.81. The van der Waals surface area contributed by atoms with Crippen LogP contribution in [0, 0.1) is 6.92 Å². The Hall–Kier alpha value is -2.63. The Bertz CT molecular complexity index is 996. The van der Waals surface area contributed by atoms with Crippen molar-refractivity contribution in [2.45, 2.75) is 25.7 Å². The lowest BCUT2D eigenvalue weighted by molar-refractivity contribution is 0.122. The van der Waals surface area contributed by atoms with Crippen LogP contribution in [0.2, 0.25) is 0 Å². The largest absolute Gasteiger partial charge is 0.494 e. The Morgan fingerprint density at radius 1 is 1.06 bits per heavy atom. The number of anilines is 2. The highest BCUT2D eigenvalue weighted by molar-refractivity contribution is 7.89. The molecule has 1 aromatic carbocycles. The first-order valence-corrected chi connectivity index (χ1v) is 12.2. The van der Waals surface area contributed by atoms with Gasteiger partial charge < -0.3 is 24.4 Å². The summed E-state index contributed by atoms with van der Waals surface area (Å²) >= 11 is 0. The highest BCUT2D eigenvalue weighted by Gasteiger charge is 2.20.